The van der Waals surface area contributed by atoms with Gasteiger partial charge in [0.25, 0.3) is 5.56 Å². The first-order chi connectivity index (χ1) is 16.9. The zero-order valence-electron chi connectivity index (χ0n) is 18.2. The van der Waals surface area contributed by atoms with Crippen LogP contribution >= 0.6 is 0 Å². The van der Waals surface area contributed by atoms with Crippen LogP contribution in [0.2, 0.25) is 0 Å². The van der Waals surface area contributed by atoms with E-state index >= 15 is 0 Å². The molecule has 1 saturated heterocycles. The molecule has 0 radical (unpaired) electrons. The molecule has 1 aliphatic heterocycles. The van der Waals surface area contributed by atoms with Crippen LogP contribution in [-0.4, -0.2) is 52.1 Å². The summed E-state index contributed by atoms with van der Waals surface area (Å²) in [5, 5.41) is 0. The van der Waals surface area contributed by atoms with E-state index in [0.29, 0.717) is 18.5 Å². The van der Waals surface area contributed by atoms with Crippen LogP contribution in [0.5, 0.6) is 5.75 Å². The number of hydrogen-bond acceptors (Lipinski definition) is 6. The van der Waals surface area contributed by atoms with Crippen molar-refractivity contribution >= 4 is 12.0 Å². The molecule has 0 unspecified atom stereocenters. The van der Waals surface area contributed by atoms with Gasteiger partial charge < -0.3 is 19.5 Å². The summed E-state index contributed by atoms with van der Waals surface area (Å²) in [4.78, 5) is 36.6. The Labute approximate surface area is 199 Å². The Hall–Kier alpha value is -4.10. The minimum Gasteiger partial charge on any atom is -0.410 e. The van der Waals surface area contributed by atoms with Crippen molar-refractivity contribution in [1.29, 1.82) is 0 Å². The number of aromatic amines is 1. The zero-order chi connectivity index (χ0) is 26.1. The van der Waals surface area contributed by atoms with Crippen molar-refractivity contribution in [2.75, 3.05) is 31.1 Å². The average molecular weight is 513 g/mol. The summed E-state index contributed by atoms with van der Waals surface area (Å²) >= 11 is 0. The Morgan fingerprint density at radius 2 is 1.58 bits per heavy atom. The molecule has 8 nitrogen and oxygen atoms in total. The van der Waals surface area contributed by atoms with Gasteiger partial charge in [0.05, 0.1) is 5.56 Å². The van der Waals surface area contributed by atoms with E-state index in [1.54, 1.807) is 4.90 Å². The monoisotopic (exact) mass is 513 g/mol. The molecule has 14 heteroatoms. The molecule has 0 saturated carbocycles. The van der Waals surface area contributed by atoms with E-state index in [0.717, 1.165) is 6.20 Å². The number of alkyl halides is 6. The smallest absolute Gasteiger partial charge is 0.410 e. The predicted octanol–water partition coefficient (Wildman–Crippen LogP) is 4.19. The number of anilines is 1. The Balaban J connectivity index is 1.39. The average Bonchev–Trinajstić information content (AvgIpc) is 2.83. The second kappa shape index (κ2) is 9.51. The number of pyridine rings is 1. The van der Waals surface area contributed by atoms with E-state index in [2.05, 4.69) is 15.0 Å². The molecular formula is C22H17F6N5O3. The predicted molar refractivity (Wildman–Crippen MR) is 114 cm³/mol. The van der Waals surface area contributed by atoms with Crippen LogP contribution in [0.1, 0.15) is 11.1 Å². The van der Waals surface area contributed by atoms with Gasteiger partial charge in [0.15, 0.2) is 0 Å². The molecule has 190 valence electrons. The number of nitrogens with zero attached hydrogens (tertiary/aromatic N) is 4. The second-order valence-corrected chi connectivity index (χ2v) is 7.77. The lowest BCUT2D eigenvalue weighted by atomic mass is 10.1. The Bertz CT molecular complexity index is 1300. The third-order valence-corrected chi connectivity index (χ3v) is 5.37. The third-order valence-electron chi connectivity index (χ3n) is 5.37. The first-order valence-electron chi connectivity index (χ1n) is 10.4. The first-order valence-corrected chi connectivity index (χ1v) is 10.4. The molecule has 2 aromatic heterocycles. The van der Waals surface area contributed by atoms with E-state index in [1.807, 2.05) is 0 Å². The molecule has 0 spiro atoms. The maximum atomic E-state index is 13.1. The summed E-state index contributed by atoms with van der Waals surface area (Å²) in [6.45, 7) is 0.853. The molecular weight excluding hydrogens is 496 g/mol. The van der Waals surface area contributed by atoms with Crippen LogP contribution in [0.3, 0.4) is 0 Å². The molecule has 1 fully saturated rings. The number of piperazine rings is 1. The highest BCUT2D eigenvalue weighted by atomic mass is 19.4. The fourth-order valence-corrected chi connectivity index (χ4v) is 3.49. The molecule has 4 rings (SSSR count). The molecule has 3 aromatic rings. The van der Waals surface area contributed by atoms with Gasteiger partial charge in [-0.15, -0.1) is 0 Å². The molecule has 0 aliphatic carbocycles. The van der Waals surface area contributed by atoms with E-state index in [9.17, 15) is 35.9 Å². The van der Waals surface area contributed by atoms with Gasteiger partial charge in [0, 0.05) is 44.8 Å². The maximum absolute atomic E-state index is 13.1. The number of carbonyl (C=O) groups is 1. The van der Waals surface area contributed by atoms with Gasteiger partial charge in [-0.1, -0.05) is 12.1 Å². The van der Waals surface area contributed by atoms with Crippen molar-refractivity contribution in [1.82, 2.24) is 19.9 Å². The van der Waals surface area contributed by atoms with Crippen molar-refractivity contribution in [2.45, 2.75) is 12.4 Å². The molecule has 1 aliphatic rings. The number of H-pyrrole nitrogens is 1. The molecule has 36 heavy (non-hydrogen) atoms. The molecule has 3 heterocycles. The summed E-state index contributed by atoms with van der Waals surface area (Å²) in [7, 11) is 0. The molecule has 0 atom stereocenters. The van der Waals surface area contributed by atoms with Crippen LogP contribution in [0, 0.1) is 0 Å². The van der Waals surface area contributed by atoms with Gasteiger partial charge in [-0.2, -0.15) is 26.3 Å². The van der Waals surface area contributed by atoms with Gasteiger partial charge in [0.1, 0.15) is 11.3 Å². The van der Waals surface area contributed by atoms with E-state index in [-0.39, 0.29) is 49.0 Å². The highest BCUT2D eigenvalue weighted by Crippen LogP contribution is 2.31. The fourth-order valence-electron chi connectivity index (χ4n) is 3.49. The van der Waals surface area contributed by atoms with Crippen LogP contribution < -0.4 is 15.2 Å². The number of hydrogen-bond donors (Lipinski definition) is 1. The number of ether oxygens (including phenoxy) is 1. The normalized spacial score (nSPS) is 14.6. The van der Waals surface area contributed by atoms with E-state index in [4.69, 9.17) is 4.74 Å². The van der Waals surface area contributed by atoms with Crippen molar-refractivity contribution in [2.24, 2.45) is 0 Å². The number of carbonyl (C=O) groups excluding carboxylic acids is 1. The number of benzene rings is 1. The zero-order valence-corrected chi connectivity index (χ0v) is 18.2. The van der Waals surface area contributed by atoms with Crippen molar-refractivity contribution in [3.8, 4) is 16.9 Å². The molecule has 0 bridgehead atoms. The van der Waals surface area contributed by atoms with E-state index < -0.39 is 35.1 Å². The highest BCUT2D eigenvalue weighted by Gasteiger charge is 2.34. The molecule has 1 N–H and O–H groups in total. The Morgan fingerprint density at radius 1 is 0.917 bits per heavy atom. The topological polar surface area (TPSA) is 91.4 Å². The van der Waals surface area contributed by atoms with Crippen LogP contribution in [0.4, 0.5) is 37.1 Å². The lowest BCUT2D eigenvalue weighted by Gasteiger charge is -2.34. The van der Waals surface area contributed by atoms with Crippen LogP contribution in [0.25, 0.3) is 11.1 Å². The number of aromatic nitrogens is 3. The van der Waals surface area contributed by atoms with Gasteiger partial charge in [-0.3, -0.25) is 4.79 Å². The first kappa shape index (κ1) is 25.0. The standard InChI is InChI=1S/C22H17F6N5O3/c23-21(24,25)15-11-30-19(31-12-15)32-4-6-33(7-5-32)20(35)36-16-3-1-2-13(8-16)14-9-17(22(26,27)28)18(34)29-10-14/h1-3,8-12H,4-7H2,(H,29,34). The minimum absolute atomic E-state index is 0.0741. The molecule has 1 amide bonds. The second-order valence-electron chi connectivity index (χ2n) is 7.77. The maximum Gasteiger partial charge on any atom is 0.421 e. The van der Waals surface area contributed by atoms with Crippen molar-refractivity contribution in [3.63, 3.8) is 0 Å². The van der Waals surface area contributed by atoms with Gasteiger partial charge >= 0.3 is 18.4 Å². The number of amides is 1. The van der Waals surface area contributed by atoms with Crippen molar-refractivity contribution in [3.05, 3.63) is 70.4 Å². The Kier molecular flexibility index (Phi) is 6.61. The SMILES string of the molecule is O=C(Oc1cccc(-c2c[nH]c(=O)c(C(F)(F)F)c2)c1)N1CCN(c2ncc(C(F)(F)F)cn2)CC1. The fraction of sp³-hybridized carbons (Fsp3) is 0.273. The van der Waals surface area contributed by atoms with Crippen LogP contribution in [-0.2, 0) is 12.4 Å². The quantitative estimate of drug-likeness (QED) is 0.529. The molecule has 1 aromatic carbocycles. The minimum atomic E-state index is -4.83. The summed E-state index contributed by atoms with van der Waals surface area (Å²) < 4.78 is 82.5. The largest absolute Gasteiger partial charge is 0.421 e. The Morgan fingerprint density at radius 3 is 2.19 bits per heavy atom. The van der Waals surface area contributed by atoms with Crippen LogP contribution in [0.15, 0.2) is 53.7 Å². The highest BCUT2D eigenvalue weighted by molar-refractivity contribution is 5.72. The number of halogens is 6. The summed E-state index contributed by atoms with van der Waals surface area (Å²) in [6, 6.07) is 6.49. The lowest BCUT2D eigenvalue weighted by molar-refractivity contribution is -0.139. The number of rotatable bonds is 3. The van der Waals surface area contributed by atoms with Gasteiger partial charge in [-0.25, -0.2) is 14.8 Å². The third kappa shape index (κ3) is 5.58. The van der Waals surface area contributed by atoms with E-state index in [1.165, 1.54) is 29.2 Å². The van der Waals surface area contributed by atoms with Gasteiger partial charge in [-0.05, 0) is 29.3 Å². The summed E-state index contributed by atoms with van der Waals surface area (Å²) in [5.74, 6) is 0.175. The summed E-state index contributed by atoms with van der Waals surface area (Å²) in [6.07, 6.45) is -7.58. The number of nitrogens with one attached hydrogen (secondary N) is 1. The van der Waals surface area contributed by atoms with Gasteiger partial charge in [0.2, 0.25) is 5.95 Å². The summed E-state index contributed by atoms with van der Waals surface area (Å²) in [5.41, 5.74) is -3.23. The lowest BCUT2D eigenvalue weighted by Crippen LogP contribution is -2.50. The van der Waals surface area contributed by atoms with Crippen molar-refractivity contribution < 1.29 is 35.9 Å².